The predicted octanol–water partition coefficient (Wildman–Crippen LogP) is 1.65. The smallest absolute Gasteiger partial charge is 0.356 e. The van der Waals surface area contributed by atoms with E-state index in [9.17, 15) is 4.79 Å². The third kappa shape index (κ3) is 4.67. The first-order valence-electron chi connectivity index (χ1n) is 5.81. The van der Waals surface area contributed by atoms with Crippen LogP contribution in [-0.4, -0.2) is 40.8 Å². The van der Waals surface area contributed by atoms with E-state index < -0.39 is 5.97 Å². The molecule has 100 valence electrons. The van der Waals surface area contributed by atoms with Crippen molar-refractivity contribution in [1.29, 1.82) is 0 Å². The number of ether oxygens (including phenoxy) is 1. The summed E-state index contributed by atoms with van der Waals surface area (Å²) >= 11 is 0. The summed E-state index contributed by atoms with van der Waals surface area (Å²) < 4.78 is 5.38. The number of aromatic carboxylic acids is 1. The minimum Gasteiger partial charge on any atom is -0.476 e. The number of nitrogens with zero attached hydrogens (tertiary/aromatic N) is 2. The molecule has 1 aromatic heterocycles. The van der Waals surface area contributed by atoms with E-state index in [-0.39, 0.29) is 11.1 Å². The molecule has 0 bridgehead atoms. The van der Waals surface area contributed by atoms with Gasteiger partial charge in [-0.05, 0) is 6.92 Å². The number of carbonyl (C=O) groups is 1. The molecule has 1 rings (SSSR count). The summed E-state index contributed by atoms with van der Waals surface area (Å²) in [4.78, 5) is 18.4. The molecule has 0 saturated carbocycles. The number of aromatic nitrogens is 2. The first-order chi connectivity index (χ1) is 8.44. The molecule has 0 spiro atoms. The lowest BCUT2D eigenvalue weighted by Gasteiger charge is -2.24. The van der Waals surface area contributed by atoms with E-state index in [1.807, 2.05) is 6.92 Å². The van der Waals surface area contributed by atoms with E-state index in [4.69, 9.17) is 9.84 Å². The Kier molecular flexibility index (Phi) is 5.03. The molecule has 0 aliphatic rings. The van der Waals surface area contributed by atoms with Crippen molar-refractivity contribution in [1.82, 2.24) is 9.97 Å². The van der Waals surface area contributed by atoms with Gasteiger partial charge in [0, 0.05) is 18.6 Å². The highest BCUT2D eigenvalue weighted by Gasteiger charge is 2.18. The van der Waals surface area contributed by atoms with Crippen LogP contribution in [0, 0.1) is 5.41 Å². The van der Waals surface area contributed by atoms with Gasteiger partial charge in [0.2, 0.25) is 0 Å². The van der Waals surface area contributed by atoms with Gasteiger partial charge >= 0.3 is 5.97 Å². The average molecular weight is 253 g/mol. The molecule has 6 heteroatoms. The molecule has 0 amide bonds. The molecule has 6 nitrogen and oxygen atoms in total. The van der Waals surface area contributed by atoms with E-state index in [1.165, 1.54) is 12.4 Å². The second-order valence-corrected chi connectivity index (χ2v) is 4.75. The van der Waals surface area contributed by atoms with Gasteiger partial charge in [-0.25, -0.2) is 14.8 Å². The highest BCUT2D eigenvalue weighted by molar-refractivity contribution is 5.84. The van der Waals surface area contributed by atoms with E-state index in [0.717, 1.165) is 0 Å². The van der Waals surface area contributed by atoms with Crippen molar-refractivity contribution in [3.05, 3.63) is 18.1 Å². The molecule has 0 aliphatic carbocycles. The second kappa shape index (κ2) is 6.30. The first kappa shape index (κ1) is 14.4. The molecule has 2 N–H and O–H groups in total. The number of carboxylic acid groups (broad SMARTS) is 1. The fraction of sp³-hybridized carbons (Fsp3) is 0.583. The molecule has 0 aromatic carbocycles. The summed E-state index contributed by atoms with van der Waals surface area (Å²) in [5.74, 6) is -0.518. The molecule has 0 atom stereocenters. The maximum absolute atomic E-state index is 10.6. The molecular weight excluding hydrogens is 234 g/mol. The SMILES string of the molecule is CCOCC(C)(C)CNc1cnc(C(=O)O)cn1. The maximum atomic E-state index is 10.6. The van der Waals surface area contributed by atoms with Gasteiger partial charge in [-0.1, -0.05) is 13.8 Å². The van der Waals surface area contributed by atoms with Crippen molar-refractivity contribution < 1.29 is 14.6 Å². The standard InChI is InChI=1S/C12H19N3O3/c1-4-18-8-12(2,3)7-15-10-6-13-9(5-14-10)11(16)17/h5-6H,4,7-8H2,1-3H3,(H,14,15)(H,16,17). The van der Waals surface area contributed by atoms with Gasteiger partial charge in [0.15, 0.2) is 5.69 Å². The van der Waals surface area contributed by atoms with E-state index in [1.54, 1.807) is 0 Å². The van der Waals surface area contributed by atoms with Crippen LogP contribution >= 0.6 is 0 Å². The van der Waals surface area contributed by atoms with Gasteiger partial charge in [0.25, 0.3) is 0 Å². The van der Waals surface area contributed by atoms with E-state index >= 15 is 0 Å². The van der Waals surface area contributed by atoms with Crippen molar-refractivity contribution in [2.75, 3.05) is 25.1 Å². The topological polar surface area (TPSA) is 84.3 Å². The zero-order chi connectivity index (χ0) is 13.6. The molecule has 0 aliphatic heterocycles. The van der Waals surface area contributed by atoms with Crippen LogP contribution in [0.15, 0.2) is 12.4 Å². The lowest BCUT2D eigenvalue weighted by atomic mass is 9.95. The zero-order valence-corrected chi connectivity index (χ0v) is 10.9. The fourth-order valence-electron chi connectivity index (χ4n) is 1.29. The van der Waals surface area contributed by atoms with Crippen LogP contribution in [0.5, 0.6) is 0 Å². The van der Waals surface area contributed by atoms with Crippen molar-refractivity contribution in [3.8, 4) is 0 Å². The Bertz CT molecular complexity index is 390. The number of rotatable bonds is 7. The fourth-order valence-corrected chi connectivity index (χ4v) is 1.29. The largest absolute Gasteiger partial charge is 0.476 e. The van der Waals surface area contributed by atoms with E-state index in [0.29, 0.717) is 25.6 Å². The number of carboxylic acids is 1. The third-order valence-corrected chi connectivity index (χ3v) is 2.32. The minimum atomic E-state index is -1.08. The molecule has 1 aromatic rings. The molecule has 0 saturated heterocycles. The number of hydrogen-bond donors (Lipinski definition) is 2. The Morgan fingerprint density at radius 1 is 1.44 bits per heavy atom. The number of hydrogen-bond acceptors (Lipinski definition) is 5. The predicted molar refractivity (Wildman–Crippen MR) is 67.8 cm³/mol. The summed E-state index contributed by atoms with van der Waals surface area (Å²) in [5.41, 5.74) is -0.0856. The molecule has 1 heterocycles. The van der Waals surface area contributed by atoms with Crippen molar-refractivity contribution >= 4 is 11.8 Å². The maximum Gasteiger partial charge on any atom is 0.356 e. The van der Waals surface area contributed by atoms with Gasteiger partial charge in [0.05, 0.1) is 19.0 Å². The highest BCUT2D eigenvalue weighted by Crippen LogP contribution is 2.16. The van der Waals surface area contributed by atoms with Gasteiger partial charge in [-0.2, -0.15) is 0 Å². The number of nitrogens with one attached hydrogen (secondary N) is 1. The molecular formula is C12H19N3O3. The molecule has 18 heavy (non-hydrogen) atoms. The van der Waals surface area contributed by atoms with Gasteiger partial charge in [0.1, 0.15) is 5.82 Å². The van der Waals surface area contributed by atoms with Crippen LogP contribution in [-0.2, 0) is 4.74 Å². The van der Waals surface area contributed by atoms with Crippen LogP contribution in [0.1, 0.15) is 31.3 Å². The lowest BCUT2D eigenvalue weighted by molar-refractivity contribution is 0.0690. The summed E-state index contributed by atoms with van der Waals surface area (Å²) in [5, 5.41) is 11.8. The van der Waals surface area contributed by atoms with Crippen LogP contribution in [0.4, 0.5) is 5.82 Å². The Morgan fingerprint density at radius 3 is 2.67 bits per heavy atom. The Labute approximate surface area is 106 Å². The van der Waals surface area contributed by atoms with Crippen molar-refractivity contribution in [3.63, 3.8) is 0 Å². The lowest BCUT2D eigenvalue weighted by Crippen LogP contribution is -2.28. The van der Waals surface area contributed by atoms with Gasteiger partial charge in [-0.3, -0.25) is 0 Å². The molecule has 0 radical (unpaired) electrons. The highest BCUT2D eigenvalue weighted by atomic mass is 16.5. The molecule has 0 fully saturated rings. The molecule has 0 unspecified atom stereocenters. The van der Waals surface area contributed by atoms with E-state index in [2.05, 4.69) is 29.1 Å². The van der Waals surface area contributed by atoms with Gasteiger partial charge < -0.3 is 15.2 Å². The monoisotopic (exact) mass is 253 g/mol. The Hall–Kier alpha value is -1.69. The Balaban J connectivity index is 2.50. The zero-order valence-electron chi connectivity index (χ0n) is 10.9. The van der Waals surface area contributed by atoms with Crippen molar-refractivity contribution in [2.45, 2.75) is 20.8 Å². The second-order valence-electron chi connectivity index (χ2n) is 4.75. The summed E-state index contributed by atoms with van der Waals surface area (Å²) in [6.45, 7) is 8.13. The van der Waals surface area contributed by atoms with Crippen LogP contribution in [0.2, 0.25) is 0 Å². The first-order valence-corrected chi connectivity index (χ1v) is 5.81. The number of anilines is 1. The van der Waals surface area contributed by atoms with Crippen molar-refractivity contribution in [2.24, 2.45) is 5.41 Å². The van der Waals surface area contributed by atoms with Crippen LogP contribution in [0.3, 0.4) is 0 Å². The summed E-state index contributed by atoms with van der Waals surface area (Å²) in [6.07, 6.45) is 2.65. The normalized spacial score (nSPS) is 11.3. The average Bonchev–Trinajstić information content (AvgIpc) is 2.35. The van der Waals surface area contributed by atoms with Crippen LogP contribution < -0.4 is 5.32 Å². The van der Waals surface area contributed by atoms with Crippen LogP contribution in [0.25, 0.3) is 0 Å². The quantitative estimate of drug-likeness (QED) is 0.768. The summed E-state index contributed by atoms with van der Waals surface area (Å²) in [6, 6.07) is 0. The third-order valence-electron chi connectivity index (χ3n) is 2.32. The minimum absolute atomic E-state index is 0.0246. The van der Waals surface area contributed by atoms with Gasteiger partial charge in [-0.15, -0.1) is 0 Å². The Morgan fingerprint density at radius 2 is 2.17 bits per heavy atom. The summed E-state index contributed by atoms with van der Waals surface area (Å²) in [7, 11) is 0.